The van der Waals surface area contributed by atoms with Crippen molar-refractivity contribution in [3.8, 4) is 0 Å². The van der Waals surface area contributed by atoms with Crippen LogP contribution in [0.4, 0.5) is 5.95 Å². The average Bonchev–Trinajstić information content (AvgIpc) is 3.24. The molecule has 7 heteroatoms. The van der Waals surface area contributed by atoms with Gasteiger partial charge in [-0.05, 0) is 24.1 Å². The third-order valence-corrected chi connectivity index (χ3v) is 4.91. The molecule has 0 radical (unpaired) electrons. The summed E-state index contributed by atoms with van der Waals surface area (Å²) in [5, 5.41) is 2.95. The minimum absolute atomic E-state index is 0.0503. The van der Waals surface area contributed by atoms with Crippen LogP contribution in [0, 0.1) is 11.8 Å². The van der Waals surface area contributed by atoms with Gasteiger partial charge in [0, 0.05) is 44.0 Å². The van der Waals surface area contributed by atoms with Crippen LogP contribution in [0.25, 0.3) is 0 Å². The van der Waals surface area contributed by atoms with Crippen molar-refractivity contribution in [3.63, 3.8) is 0 Å². The zero-order valence-corrected chi connectivity index (χ0v) is 13.9. The van der Waals surface area contributed by atoms with Crippen LogP contribution in [-0.2, 0) is 16.1 Å². The molecule has 2 aliphatic rings. The fourth-order valence-corrected chi connectivity index (χ4v) is 3.63. The molecule has 1 N–H and O–H groups in total. The molecule has 4 rings (SSSR count). The summed E-state index contributed by atoms with van der Waals surface area (Å²) in [4.78, 5) is 27.3. The van der Waals surface area contributed by atoms with E-state index in [9.17, 15) is 4.79 Å². The second-order valence-corrected chi connectivity index (χ2v) is 6.55. The van der Waals surface area contributed by atoms with E-state index in [4.69, 9.17) is 4.74 Å². The van der Waals surface area contributed by atoms with Crippen molar-refractivity contribution in [3.05, 3.63) is 48.5 Å². The topological polar surface area (TPSA) is 80.2 Å². The average molecular weight is 339 g/mol. The largest absolute Gasteiger partial charge is 0.376 e. The molecule has 0 unspecified atom stereocenters. The molecule has 0 spiro atoms. The third-order valence-electron chi connectivity index (χ3n) is 4.91. The monoisotopic (exact) mass is 339 g/mol. The Hall–Kier alpha value is -2.54. The van der Waals surface area contributed by atoms with Gasteiger partial charge in [0.15, 0.2) is 0 Å². The zero-order chi connectivity index (χ0) is 17.1. The molecule has 2 aliphatic heterocycles. The van der Waals surface area contributed by atoms with Crippen LogP contribution in [0.2, 0.25) is 0 Å². The molecule has 1 amide bonds. The summed E-state index contributed by atoms with van der Waals surface area (Å²) in [5.41, 5.74) is 0.865. The van der Waals surface area contributed by atoms with Gasteiger partial charge in [0.25, 0.3) is 0 Å². The summed E-state index contributed by atoms with van der Waals surface area (Å²) in [7, 11) is 0. The van der Waals surface area contributed by atoms with Crippen LogP contribution in [0.15, 0.2) is 42.9 Å². The standard InChI is InChI=1S/C18H21N5O2/c24-17(22-9-14-4-1-2-5-19-14)8-13-12-25-16-11-23(10-15(13)16)18-20-6-3-7-21-18/h1-7,13,15-16H,8-12H2,(H,22,24)/t13-,15-,16-/m1/s1. The minimum atomic E-state index is 0.0503. The summed E-state index contributed by atoms with van der Waals surface area (Å²) in [5.74, 6) is 1.38. The predicted molar refractivity (Wildman–Crippen MR) is 91.7 cm³/mol. The first-order valence-electron chi connectivity index (χ1n) is 8.60. The number of carbonyl (C=O) groups excluding carboxylic acids is 1. The van der Waals surface area contributed by atoms with Gasteiger partial charge in [-0.3, -0.25) is 9.78 Å². The Morgan fingerprint density at radius 1 is 1.16 bits per heavy atom. The molecule has 2 fully saturated rings. The molecular weight excluding hydrogens is 318 g/mol. The van der Waals surface area contributed by atoms with Crippen LogP contribution in [0.1, 0.15) is 12.1 Å². The number of rotatable bonds is 5. The van der Waals surface area contributed by atoms with E-state index in [1.165, 1.54) is 0 Å². The number of nitrogens with zero attached hydrogens (tertiary/aromatic N) is 4. The van der Waals surface area contributed by atoms with Gasteiger partial charge in [-0.15, -0.1) is 0 Å². The van der Waals surface area contributed by atoms with Crippen LogP contribution in [-0.4, -0.2) is 46.7 Å². The van der Waals surface area contributed by atoms with Crippen LogP contribution >= 0.6 is 0 Å². The van der Waals surface area contributed by atoms with E-state index in [1.54, 1.807) is 18.6 Å². The van der Waals surface area contributed by atoms with E-state index in [0.29, 0.717) is 25.5 Å². The molecule has 0 saturated carbocycles. The van der Waals surface area contributed by atoms with Gasteiger partial charge in [0.1, 0.15) is 0 Å². The van der Waals surface area contributed by atoms with E-state index in [0.717, 1.165) is 24.7 Å². The Kier molecular flexibility index (Phi) is 4.56. The second-order valence-electron chi connectivity index (χ2n) is 6.55. The van der Waals surface area contributed by atoms with E-state index in [1.807, 2.05) is 24.3 Å². The molecule has 130 valence electrons. The van der Waals surface area contributed by atoms with E-state index < -0.39 is 0 Å². The van der Waals surface area contributed by atoms with Gasteiger partial charge in [0.05, 0.1) is 24.9 Å². The summed E-state index contributed by atoms with van der Waals surface area (Å²) in [6.07, 6.45) is 5.88. The highest BCUT2D eigenvalue weighted by atomic mass is 16.5. The molecule has 2 aromatic rings. The number of hydrogen-bond acceptors (Lipinski definition) is 6. The Morgan fingerprint density at radius 3 is 2.80 bits per heavy atom. The highest BCUT2D eigenvalue weighted by molar-refractivity contribution is 5.76. The normalized spacial score (nSPS) is 25.0. The van der Waals surface area contributed by atoms with Crippen molar-refractivity contribution in [2.24, 2.45) is 11.8 Å². The highest BCUT2D eigenvalue weighted by Gasteiger charge is 2.45. The van der Waals surface area contributed by atoms with Crippen molar-refractivity contribution in [2.45, 2.75) is 19.1 Å². The fourth-order valence-electron chi connectivity index (χ4n) is 3.63. The lowest BCUT2D eigenvalue weighted by Crippen LogP contribution is -2.30. The van der Waals surface area contributed by atoms with Crippen LogP contribution < -0.4 is 10.2 Å². The van der Waals surface area contributed by atoms with Crippen molar-refractivity contribution >= 4 is 11.9 Å². The van der Waals surface area contributed by atoms with Gasteiger partial charge >= 0.3 is 0 Å². The van der Waals surface area contributed by atoms with E-state index in [2.05, 4.69) is 25.2 Å². The van der Waals surface area contributed by atoms with Gasteiger partial charge in [-0.25, -0.2) is 9.97 Å². The number of ether oxygens (including phenoxy) is 1. The van der Waals surface area contributed by atoms with Crippen molar-refractivity contribution in [1.29, 1.82) is 0 Å². The van der Waals surface area contributed by atoms with E-state index >= 15 is 0 Å². The maximum Gasteiger partial charge on any atom is 0.225 e. The first kappa shape index (κ1) is 16.0. The van der Waals surface area contributed by atoms with Crippen molar-refractivity contribution < 1.29 is 9.53 Å². The lowest BCUT2D eigenvalue weighted by Gasteiger charge is -2.19. The molecule has 3 atom stereocenters. The third kappa shape index (κ3) is 3.61. The van der Waals surface area contributed by atoms with Crippen LogP contribution in [0.3, 0.4) is 0 Å². The summed E-state index contributed by atoms with van der Waals surface area (Å²) < 4.78 is 5.92. The lowest BCUT2D eigenvalue weighted by molar-refractivity contribution is -0.122. The molecule has 2 aromatic heterocycles. The number of amides is 1. The SMILES string of the molecule is O=C(C[C@@H]1CO[C@@H]2CN(c3ncccn3)C[C@H]12)NCc1ccccn1. The molecule has 25 heavy (non-hydrogen) atoms. The highest BCUT2D eigenvalue weighted by Crippen LogP contribution is 2.36. The van der Waals surface area contributed by atoms with Gasteiger partial charge in [-0.2, -0.15) is 0 Å². The number of nitrogens with one attached hydrogen (secondary N) is 1. The van der Waals surface area contributed by atoms with Gasteiger partial charge in [-0.1, -0.05) is 6.07 Å². The van der Waals surface area contributed by atoms with E-state index in [-0.39, 0.29) is 17.9 Å². The Balaban J connectivity index is 1.31. The Labute approximate surface area is 146 Å². The number of carbonyl (C=O) groups is 1. The molecule has 0 bridgehead atoms. The number of pyridine rings is 1. The maximum absolute atomic E-state index is 12.3. The smallest absolute Gasteiger partial charge is 0.225 e. The summed E-state index contributed by atoms with van der Waals surface area (Å²) >= 11 is 0. The molecular formula is C18H21N5O2. The van der Waals surface area contributed by atoms with Crippen molar-refractivity contribution in [1.82, 2.24) is 20.3 Å². The predicted octanol–water partition coefficient (Wildman–Crippen LogP) is 1.03. The summed E-state index contributed by atoms with van der Waals surface area (Å²) in [6.45, 7) is 2.74. The quantitative estimate of drug-likeness (QED) is 0.876. The Morgan fingerprint density at radius 2 is 2.00 bits per heavy atom. The number of fused-ring (bicyclic) bond motifs is 1. The Bertz CT molecular complexity index is 712. The van der Waals surface area contributed by atoms with Crippen molar-refractivity contribution in [2.75, 3.05) is 24.6 Å². The number of aromatic nitrogens is 3. The van der Waals surface area contributed by atoms with Crippen LogP contribution in [0.5, 0.6) is 0 Å². The summed E-state index contributed by atoms with van der Waals surface area (Å²) in [6, 6.07) is 7.50. The fraction of sp³-hybridized carbons (Fsp3) is 0.444. The van der Waals surface area contributed by atoms with Gasteiger partial charge in [0.2, 0.25) is 11.9 Å². The molecule has 7 nitrogen and oxygen atoms in total. The second kappa shape index (κ2) is 7.14. The first-order chi connectivity index (χ1) is 12.3. The maximum atomic E-state index is 12.3. The van der Waals surface area contributed by atoms with Gasteiger partial charge < -0.3 is 15.0 Å². The number of hydrogen-bond donors (Lipinski definition) is 1. The molecule has 0 aliphatic carbocycles. The minimum Gasteiger partial charge on any atom is -0.376 e. The molecule has 4 heterocycles. The number of anilines is 1. The lowest BCUT2D eigenvalue weighted by atomic mass is 9.90. The molecule has 2 saturated heterocycles. The molecule has 0 aromatic carbocycles. The zero-order valence-electron chi connectivity index (χ0n) is 13.9. The first-order valence-corrected chi connectivity index (χ1v) is 8.60.